The maximum absolute atomic E-state index is 5.93. The van der Waals surface area contributed by atoms with Gasteiger partial charge in [0.1, 0.15) is 7.85 Å². The van der Waals surface area contributed by atoms with Crippen LogP contribution in [-0.2, 0) is 0 Å². The lowest BCUT2D eigenvalue weighted by atomic mass is 9.80. The van der Waals surface area contributed by atoms with Crippen LogP contribution in [0.15, 0.2) is 35.0 Å². The van der Waals surface area contributed by atoms with Gasteiger partial charge in [-0.15, -0.1) is 0 Å². The molecule has 0 amide bonds. The van der Waals surface area contributed by atoms with Crippen LogP contribution in [0.25, 0.3) is 0 Å². The Kier molecular flexibility index (Phi) is 1.84. The van der Waals surface area contributed by atoms with E-state index in [1.165, 1.54) is 11.1 Å². The summed E-state index contributed by atoms with van der Waals surface area (Å²) in [6.07, 6.45) is 6.33. The topological polar surface area (TPSA) is 6.48 Å². The molecule has 1 aliphatic carbocycles. The van der Waals surface area contributed by atoms with Crippen molar-refractivity contribution in [2.24, 2.45) is 0 Å². The molecule has 1 unspecified atom stereocenters. The van der Waals surface area contributed by atoms with Gasteiger partial charge in [0.15, 0.2) is 0 Å². The van der Waals surface area contributed by atoms with Crippen LogP contribution >= 0.6 is 0 Å². The molecule has 0 aromatic rings. The van der Waals surface area contributed by atoms with E-state index in [-0.39, 0.29) is 0 Å². The molecule has 1 aliphatic heterocycles. The highest BCUT2D eigenvalue weighted by Gasteiger charge is 2.28. The second kappa shape index (κ2) is 2.77. The van der Waals surface area contributed by atoms with Crippen LogP contribution in [-0.4, -0.2) is 38.0 Å². The lowest BCUT2D eigenvalue weighted by Gasteiger charge is -2.27. The highest BCUT2D eigenvalue weighted by molar-refractivity contribution is 6.25. The summed E-state index contributed by atoms with van der Waals surface area (Å²) in [7, 11) is 10.0. The average molecular weight is 172 g/mol. The molecule has 1 atom stereocenters. The molecule has 0 N–H and O–H groups in total. The van der Waals surface area contributed by atoms with Crippen molar-refractivity contribution >= 4 is 7.85 Å². The summed E-state index contributed by atoms with van der Waals surface area (Å²) in [5.41, 5.74) is 3.33. The van der Waals surface area contributed by atoms with Gasteiger partial charge in [-0.05, 0) is 12.5 Å². The molecule has 13 heavy (non-hydrogen) atoms. The number of hydrogen-bond acceptors (Lipinski definition) is 2. The molecule has 2 rings (SSSR count). The van der Waals surface area contributed by atoms with Gasteiger partial charge in [0, 0.05) is 20.3 Å². The summed E-state index contributed by atoms with van der Waals surface area (Å²) in [5.74, 6) is 0. The van der Waals surface area contributed by atoms with E-state index in [2.05, 4.69) is 36.3 Å². The van der Waals surface area contributed by atoms with E-state index in [0.717, 1.165) is 5.47 Å². The van der Waals surface area contributed by atoms with Crippen LogP contribution in [0.4, 0.5) is 0 Å². The van der Waals surface area contributed by atoms with E-state index in [4.69, 9.17) is 7.85 Å². The van der Waals surface area contributed by atoms with Crippen molar-refractivity contribution < 1.29 is 0 Å². The molecule has 0 spiro atoms. The third-order valence-electron chi connectivity index (χ3n) is 2.68. The van der Waals surface area contributed by atoms with Crippen molar-refractivity contribution in [3.8, 4) is 0 Å². The van der Waals surface area contributed by atoms with Gasteiger partial charge in [0.05, 0.1) is 6.04 Å². The normalized spacial score (nSPS) is 28.1. The minimum absolute atomic E-state index is 0.329. The zero-order chi connectivity index (χ0) is 9.59. The van der Waals surface area contributed by atoms with Crippen LogP contribution in [0.3, 0.4) is 0 Å². The SMILES string of the molecule is [B]C1=CC(C)=CC2C1=CN(C)N2C. The van der Waals surface area contributed by atoms with E-state index in [0.29, 0.717) is 6.04 Å². The second-order valence-corrected chi connectivity index (χ2v) is 3.69. The number of hydrazine groups is 1. The fourth-order valence-electron chi connectivity index (χ4n) is 1.83. The molecule has 0 fully saturated rings. The first-order valence-electron chi connectivity index (χ1n) is 4.43. The van der Waals surface area contributed by atoms with Crippen LogP contribution in [0, 0.1) is 0 Å². The number of hydrogen-bond donors (Lipinski definition) is 0. The van der Waals surface area contributed by atoms with E-state index in [1.54, 1.807) is 0 Å². The molecule has 2 aliphatic rings. The molecule has 3 heteroatoms. The number of rotatable bonds is 0. The van der Waals surface area contributed by atoms with Crippen molar-refractivity contribution in [1.29, 1.82) is 0 Å². The second-order valence-electron chi connectivity index (χ2n) is 3.69. The van der Waals surface area contributed by atoms with Crippen LogP contribution < -0.4 is 0 Å². The van der Waals surface area contributed by atoms with Crippen molar-refractivity contribution in [3.63, 3.8) is 0 Å². The van der Waals surface area contributed by atoms with Gasteiger partial charge < -0.3 is 5.01 Å². The van der Waals surface area contributed by atoms with Crippen molar-refractivity contribution in [2.45, 2.75) is 13.0 Å². The molecule has 0 saturated carbocycles. The molecule has 1 heterocycles. The van der Waals surface area contributed by atoms with Crippen molar-refractivity contribution in [3.05, 3.63) is 35.0 Å². The molecule has 0 saturated heterocycles. The lowest BCUT2D eigenvalue weighted by Crippen LogP contribution is -2.35. The van der Waals surface area contributed by atoms with Gasteiger partial charge in [-0.3, -0.25) is 0 Å². The third kappa shape index (κ3) is 1.24. The summed E-state index contributed by atoms with van der Waals surface area (Å²) in [5, 5.41) is 4.23. The molecule has 2 nitrogen and oxygen atoms in total. The van der Waals surface area contributed by atoms with Gasteiger partial charge in [0.2, 0.25) is 0 Å². The van der Waals surface area contributed by atoms with Gasteiger partial charge >= 0.3 is 0 Å². The predicted molar refractivity (Wildman–Crippen MR) is 55.0 cm³/mol. The average Bonchev–Trinajstić information content (AvgIpc) is 2.32. The molecule has 0 bridgehead atoms. The number of nitrogens with zero attached hydrogens (tertiary/aromatic N) is 2. The van der Waals surface area contributed by atoms with Crippen molar-refractivity contribution in [1.82, 2.24) is 10.0 Å². The Bertz CT molecular complexity index is 328. The quantitative estimate of drug-likeness (QED) is 0.503. The third-order valence-corrected chi connectivity index (χ3v) is 2.68. The highest BCUT2D eigenvalue weighted by Crippen LogP contribution is 2.30. The molecular formula is C10H13BN2. The minimum Gasteiger partial charge on any atom is -0.315 e. The number of allylic oxidation sites excluding steroid dienone is 2. The fraction of sp³-hybridized carbons (Fsp3) is 0.400. The molecule has 0 aromatic carbocycles. The Morgan fingerprint density at radius 3 is 2.77 bits per heavy atom. The Balaban J connectivity index is 2.41. The first-order chi connectivity index (χ1) is 6.09. The number of likely N-dealkylation sites (N-methyl/N-ethyl adjacent to an activating group) is 1. The molecule has 2 radical (unpaired) electrons. The standard InChI is InChI=1S/C10H13BN2/c1-7-4-9(11)8-6-12(2)13(3)10(8)5-7/h4-6,10H,1-3H3. The zero-order valence-electron chi connectivity index (χ0n) is 8.28. The summed E-state index contributed by atoms with van der Waals surface area (Å²) in [4.78, 5) is 0. The van der Waals surface area contributed by atoms with Gasteiger partial charge in [-0.1, -0.05) is 23.2 Å². The van der Waals surface area contributed by atoms with Gasteiger partial charge in [-0.2, -0.15) is 0 Å². The summed E-state index contributed by atoms with van der Waals surface area (Å²) in [6, 6.07) is 0.329. The molecule has 0 aromatic heterocycles. The summed E-state index contributed by atoms with van der Waals surface area (Å²) in [6.45, 7) is 2.08. The summed E-state index contributed by atoms with van der Waals surface area (Å²) < 4.78 is 0. The highest BCUT2D eigenvalue weighted by atomic mass is 15.6. The first-order valence-corrected chi connectivity index (χ1v) is 4.43. The van der Waals surface area contributed by atoms with E-state index in [9.17, 15) is 0 Å². The van der Waals surface area contributed by atoms with Crippen LogP contribution in [0.5, 0.6) is 0 Å². The molecule has 66 valence electrons. The van der Waals surface area contributed by atoms with Crippen LogP contribution in [0.1, 0.15) is 6.92 Å². The van der Waals surface area contributed by atoms with E-state index in [1.807, 2.05) is 13.1 Å². The lowest BCUT2D eigenvalue weighted by molar-refractivity contribution is 0.0896. The van der Waals surface area contributed by atoms with Crippen molar-refractivity contribution in [2.75, 3.05) is 14.1 Å². The molecular weight excluding hydrogens is 159 g/mol. The number of fused-ring (bicyclic) bond motifs is 1. The monoisotopic (exact) mass is 172 g/mol. The first kappa shape index (κ1) is 8.63. The van der Waals surface area contributed by atoms with E-state index < -0.39 is 0 Å². The maximum Gasteiger partial charge on any atom is 0.114 e. The Morgan fingerprint density at radius 2 is 2.08 bits per heavy atom. The minimum atomic E-state index is 0.329. The van der Waals surface area contributed by atoms with Gasteiger partial charge in [0.25, 0.3) is 0 Å². The Labute approximate surface area is 80.6 Å². The fourth-order valence-corrected chi connectivity index (χ4v) is 1.83. The predicted octanol–water partition coefficient (Wildman–Crippen LogP) is 1.04. The largest absolute Gasteiger partial charge is 0.315 e. The maximum atomic E-state index is 5.93. The summed E-state index contributed by atoms with van der Waals surface area (Å²) >= 11 is 0. The smallest absolute Gasteiger partial charge is 0.114 e. The Morgan fingerprint density at radius 1 is 1.38 bits per heavy atom. The Hall–Kier alpha value is -0.955. The van der Waals surface area contributed by atoms with E-state index >= 15 is 0 Å². The van der Waals surface area contributed by atoms with Gasteiger partial charge in [-0.25, -0.2) is 5.01 Å². The zero-order valence-corrected chi connectivity index (χ0v) is 8.28. The van der Waals surface area contributed by atoms with Crippen LogP contribution in [0.2, 0.25) is 0 Å².